The minimum Gasteiger partial charge on any atom is -0.473 e. The molecular weight excluding hydrogens is 221 g/mol. The fourth-order valence-corrected chi connectivity index (χ4v) is 1.34. The first-order valence-corrected chi connectivity index (χ1v) is 5.15. The van der Waals surface area contributed by atoms with E-state index in [1.54, 1.807) is 19.1 Å². The summed E-state index contributed by atoms with van der Waals surface area (Å²) in [5.41, 5.74) is 6.22. The molecule has 1 aromatic heterocycles. The summed E-state index contributed by atoms with van der Waals surface area (Å²) in [6, 6.07) is 5.98. The summed E-state index contributed by atoms with van der Waals surface area (Å²) in [7, 11) is 0. The number of halogens is 1. The first kappa shape index (κ1) is 11.5. The molecule has 0 radical (unpaired) electrons. The lowest BCUT2D eigenvalue weighted by atomic mass is 10.2. The van der Waals surface area contributed by atoms with Crippen LogP contribution in [0.1, 0.15) is 6.92 Å². The van der Waals surface area contributed by atoms with Crippen molar-refractivity contribution in [2.45, 2.75) is 13.2 Å². The Morgan fingerprint density at radius 1 is 1.18 bits per heavy atom. The molecular formula is C12H12FN3O. The van der Waals surface area contributed by atoms with E-state index in [4.69, 9.17) is 10.5 Å². The summed E-state index contributed by atoms with van der Waals surface area (Å²) in [6.45, 7) is 1.72. The summed E-state index contributed by atoms with van der Waals surface area (Å²) in [6.07, 6.45) is 2.67. The Balaban J connectivity index is 2.20. The number of aromatic nitrogens is 2. The van der Waals surface area contributed by atoms with Gasteiger partial charge in [-0.05, 0) is 31.2 Å². The van der Waals surface area contributed by atoms with Gasteiger partial charge in [-0.2, -0.15) is 0 Å². The van der Waals surface area contributed by atoms with E-state index in [9.17, 15) is 4.39 Å². The molecule has 0 amide bonds. The van der Waals surface area contributed by atoms with E-state index in [0.717, 1.165) is 5.56 Å². The predicted octanol–water partition coefficient (Wildman–Crippen LogP) is 1.97. The van der Waals surface area contributed by atoms with E-state index in [-0.39, 0.29) is 5.82 Å². The van der Waals surface area contributed by atoms with Crippen molar-refractivity contribution in [3.05, 3.63) is 42.5 Å². The standard InChI is InChI=1S/C12H12FN3O/c1-8(14)17-11-6-15-12(16-7-11)9-2-4-10(13)5-3-9/h2-8H,14H2,1H3. The van der Waals surface area contributed by atoms with E-state index in [1.807, 2.05) is 0 Å². The van der Waals surface area contributed by atoms with Crippen LogP contribution in [0.5, 0.6) is 5.75 Å². The zero-order valence-corrected chi connectivity index (χ0v) is 9.30. The van der Waals surface area contributed by atoms with Crippen molar-refractivity contribution in [1.29, 1.82) is 0 Å². The molecule has 1 atom stereocenters. The van der Waals surface area contributed by atoms with Gasteiger partial charge in [0.25, 0.3) is 0 Å². The maximum Gasteiger partial charge on any atom is 0.159 e. The maximum atomic E-state index is 12.7. The second-order valence-electron chi connectivity index (χ2n) is 3.57. The van der Waals surface area contributed by atoms with Gasteiger partial charge in [-0.1, -0.05) is 0 Å². The van der Waals surface area contributed by atoms with Crippen LogP contribution in [0.15, 0.2) is 36.7 Å². The molecule has 2 aromatic rings. The summed E-state index contributed by atoms with van der Waals surface area (Å²) < 4.78 is 18.0. The highest BCUT2D eigenvalue weighted by Gasteiger charge is 2.03. The molecule has 1 unspecified atom stereocenters. The van der Waals surface area contributed by atoms with Crippen molar-refractivity contribution in [3.8, 4) is 17.1 Å². The monoisotopic (exact) mass is 233 g/mol. The van der Waals surface area contributed by atoms with Crippen molar-refractivity contribution in [3.63, 3.8) is 0 Å². The molecule has 1 heterocycles. The Morgan fingerprint density at radius 2 is 1.76 bits per heavy atom. The number of rotatable bonds is 3. The normalized spacial score (nSPS) is 12.2. The smallest absolute Gasteiger partial charge is 0.159 e. The quantitative estimate of drug-likeness (QED) is 0.823. The van der Waals surface area contributed by atoms with Crippen LogP contribution in [0.4, 0.5) is 4.39 Å². The lowest BCUT2D eigenvalue weighted by molar-refractivity contribution is 0.228. The van der Waals surface area contributed by atoms with Gasteiger partial charge in [-0.3, -0.25) is 5.73 Å². The van der Waals surface area contributed by atoms with Crippen LogP contribution in [-0.2, 0) is 0 Å². The highest BCUT2D eigenvalue weighted by Crippen LogP contribution is 2.17. The van der Waals surface area contributed by atoms with E-state index in [1.165, 1.54) is 24.5 Å². The third-order valence-corrected chi connectivity index (χ3v) is 2.05. The molecule has 0 saturated heterocycles. The minimum absolute atomic E-state index is 0.286. The Kier molecular flexibility index (Phi) is 3.30. The number of benzene rings is 1. The number of ether oxygens (including phenoxy) is 1. The molecule has 88 valence electrons. The maximum absolute atomic E-state index is 12.7. The van der Waals surface area contributed by atoms with E-state index in [2.05, 4.69) is 9.97 Å². The molecule has 2 rings (SSSR count). The van der Waals surface area contributed by atoms with Gasteiger partial charge >= 0.3 is 0 Å². The zero-order valence-electron chi connectivity index (χ0n) is 9.30. The van der Waals surface area contributed by atoms with Crippen LogP contribution in [0.25, 0.3) is 11.4 Å². The second-order valence-corrected chi connectivity index (χ2v) is 3.57. The minimum atomic E-state index is -0.407. The van der Waals surface area contributed by atoms with Crippen molar-refractivity contribution in [2.75, 3.05) is 0 Å². The fraction of sp³-hybridized carbons (Fsp3) is 0.167. The third kappa shape index (κ3) is 2.98. The number of hydrogen-bond acceptors (Lipinski definition) is 4. The lowest BCUT2D eigenvalue weighted by Crippen LogP contribution is -2.22. The molecule has 17 heavy (non-hydrogen) atoms. The number of hydrogen-bond donors (Lipinski definition) is 1. The van der Waals surface area contributed by atoms with Gasteiger partial charge in [0.15, 0.2) is 11.6 Å². The fourth-order valence-electron chi connectivity index (χ4n) is 1.34. The predicted molar refractivity (Wildman–Crippen MR) is 61.7 cm³/mol. The molecule has 0 aliphatic carbocycles. The molecule has 5 heteroatoms. The van der Waals surface area contributed by atoms with Crippen LogP contribution in [0.2, 0.25) is 0 Å². The summed E-state index contributed by atoms with van der Waals surface area (Å²) >= 11 is 0. The highest BCUT2D eigenvalue weighted by molar-refractivity contribution is 5.54. The topological polar surface area (TPSA) is 61.0 Å². The molecule has 4 nitrogen and oxygen atoms in total. The van der Waals surface area contributed by atoms with E-state index in [0.29, 0.717) is 11.6 Å². The van der Waals surface area contributed by atoms with Gasteiger partial charge in [0.1, 0.15) is 12.0 Å². The van der Waals surface area contributed by atoms with Crippen molar-refractivity contribution in [2.24, 2.45) is 5.73 Å². The molecule has 0 saturated carbocycles. The first-order chi connectivity index (χ1) is 8.15. The third-order valence-electron chi connectivity index (χ3n) is 2.05. The Morgan fingerprint density at radius 3 is 2.29 bits per heavy atom. The molecule has 0 fully saturated rings. The molecule has 1 aromatic carbocycles. The molecule has 2 N–H and O–H groups in total. The number of nitrogens with two attached hydrogens (primary N) is 1. The molecule has 0 aliphatic rings. The van der Waals surface area contributed by atoms with Crippen LogP contribution in [-0.4, -0.2) is 16.2 Å². The molecule has 0 aliphatic heterocycles. The van der Waals surface area contributed by atoms with Gasteiger partial charge in [0.05, 0.1) is 12.4 Å². The average molecular weight is 233 g/mol. The van der Waals surface area contributed by atoms with Crippen molar-refractivity contribution in [1.82, 2.24) is 9.97 Å². The second kappa shape index (κ2) is 4.88. The summed E-state index contributed by atoms with van der Waals surface area (Å²) in [5, 5.41) is 0. The van der Waals surface area contributed by atoms with E-state index >= 15 is 0 Å². The van der Waals surface area contributed by atoms with Gasteiger partial charge < -0.3 is 4.74 Å². The summed E-state index contributed by atoms with van der Waals surface area (Å²) in [5.74, 6) is 0.735. The highest BCUT2D eigenvalue weighted by atomic mass is 19.1. The SMILES string of the molecule is CC(N)Oc1cnc(-c2ccc(F)cc2)nc1. The van der Waals surface area contributed by atoms with Gasteiger partial charge in [-0.25, -0.2) is 14.4 Å². The zero-order chi connectivity index (χ0) is 12.3. The average Bonchev–Trinajstić information content (AvgIpc) is 2.30. The Bertz CT molecular complexity index is 482. The van der Waals surface area contributed by atoms with Gasteiger partial charge in [-0.15, -0.1) is 0 Å². The largest absolute Gasteiger partial charge is 0.473 e. The van der Waals surface area contributed by atoms with Crippen LogP contribution in [0, 0.1) is 5.82 Å². The van der Waals surface area contributed by atoms with Gasteiger partial charge in [0, 0.05) is 5.56 Å². The van der Waals surface area contributed by atoms with Crippen LogP contribution < -0.4 is 10.5 Å². The summed E-state index contributed by atoms with van der Waals surface area (Å²) in [4.78, 5) is 8.24. The van der Waals surface area contributed by atoms with Crippen LogP contribution >= 0.6 is 0 Å². The molecule has 0 bridgehead atoms. The lowest BCUT2D eigenvalue weighted by Gasteiger charge is -2.08. The Hall–Kier alpha value is -2.01. The molecule has 0 spiro atoms. The number of nitrogens with zero attached hydrogens (tertiary/aromatic N) is 2. The van der Waals surface area contributed by atoms with Crippen molar-refractivity contribution < 1.29 is 9.13 Å². The van der Waals surface area contributed by atoms with Crippen LogP contribution in [0.3, 0.4) is 0 Å². The first-order valence-electron chi connectivity index (χ1n) is 5.15. The van der Waals surface area contributed by atoms with Crippen molar-refractivity contribution >= 4 is 0 Å². The Labute approximate surface area is 98.3 Å². The van der Waals surface area contributed by atoms with Gasteiger partial charge in [0.2, 0.25) is 0 Å². The van der Waals surface area contributed by atoms with E-state index < -0.39 is 6.23 Å².